The van der Waals surface area contributed by atoms with Gasteiger partial charge in [-0.15, -0.1) is 0 Å². The van der Waals surface area contributed by atoms with Gasteiger partial charge in [-0.05, 0) is 31.9 Å². The normalized spacial score (nSPS) is 18.4. The summed E-state index contributed by atoms with van der Waals surface area (Å²) in [5, 5.41) is 1.17. The van der Waals surface area contributed by atoms with Crippen molar-refractivity contribution in [3.8, 4) is 5.75 Å². The Bertz CT molecular complexity index is 579. The van der Waals surface area contributed by atoms with E-state index < -0.39 is 0 Å². The average Bonchev–Trinajstić information content (AvgIpc) is 2.92. The summed E-state index contributed by atoms with van der Waals surface area (Å²) in [6.07, 6.45) is 4.58. The molecule has 0 aliphatic heterocycles. The second kappa shape index (κ2) is 4.02. The van der Waals surface area contributed by atoms with Gasteiger partial charge in [0.15, 0.2) is 0 Å². The molecule has 0 radical (unpaired) electrons. The highest BCUT2D eigenvalue weighted by molar-refractivity contribution is 5.91. The molecule has 96 valence electrons. The van der Waals surface area contributed by atoms with E-state index in [1.807, 2.05) is 12.1 Å². The number of H-pyrrole nitrogens is 1. The number of hydrogen-bond acceptors (Lipinski definition) is 2. The molecule has 1 saturated carbocycles. The summed E-state index contributed by atoms with van der Waals surface area (Å²) in [5.41, 5.74) is 10.0. The van der Waals surface area contributed by atoms with Crippen LogP contribution in [0.2, 0.25) is 0 Å². The van der Waals surface area contributed by atoms with Crippen LogP contribution in [0.5, 0.6) is 5.75 Å². The number of hydrogen-bond donors (Lipinski definition) is 2. The molecular weight excluding hydrogens is 224 g/mol. The highest BCUT2D eigenvalue weighted by atomic mass is 16.5. The van der Waals surface area contributed by atoms with Crippen LogP contribution >= 0.6 is 0 Å². The van der Waals surface area contributed by atoms with Crippen LogP contribution in [0.25, 0.3) is 10.9 Å². The highest BCUT2D eigenvalue weighted by Gasteiger charge is 2.35. The van der Waals surface area contributed by atoms with Crippen molar-refractivity contribution in [3.05, 3.63) is 29.5 Å². The predicted molar refractivity (Wildman–Crippen MR) is 73.9 cm³/mol. The van der Waals surface area contributed by atoms with Crippen molar-refractivity contribution in [3.63, 3.8) is 0 Å². The molecule has 18 heavy (non-hydrogen) atoms. The van der Waals surface area contributed by atoms with E-state index in [9.17, 15) is 0 Å². The van der Waals surface area contributed by atoms with E-state index in [2.05, 4.69) is 18.0 Å². The zero-order valence-electron chi connectivity index (χ0n) is 11.0. The minimum Gasteiger partial charge on any atom is -0.496 e. The summed E-state index contributed by atoms with van der Waals surface area (Å²) in [4.78, 5) is 3.44. The monoisotopic (exact) mass is 244 g/mol. The largest absolute Gasteiger partial charge is 0.496 e. The van der Waals surface area contributed by atoms with Crippen molar-refractivity contribution in [2.45, 2.75) is 38.1 Å². The molecule has 3 nitrogen and oxygen atoms in total. The van der Waals surface area contributed by atoms with Crippen molar-refractivity contribution in [1.82, 2.24) is 4.98 Å². The Balaban J connectivity index is 2.30. The molecule has 0 atom stereocenters. The SMILES string of the molecule is COc1cccc2[nH]c(C)c(C3(N)CCCC3)c12. The minimum absolute atomic E-state index is 0.184. The van der Waals surface area contributed by atoms with Crippen LogP contribution in [-0.4, -0.2) is 12.1 Å². The van der Waals surface area contributed by atoms with Gasteiger partial charge in [0.25, 0.3) is 0 Å². The third kappa shape index (κ3) is 1.54. The summed E-state index contributed by atoms with van der Waals surface area (Å²) in [6.45, 7) is 2.11. The molecule has 3 N–H and O–H groups in total. The van der Waals surface area contributed by atoms with Gasteiger partial charge in [0.05, 0.1) is 7.11 Å². The maximum Gasteiger partial charge on any atom is 0.128 e. The Morgan fingerprint density at radius 2 is 2.00 bits per heavy atom. The van der Waals surface area contributed by atoms with E-state index in [4.69, 9.17) is 10.5 Å². The molecule has 0 amide bonds. The third-order valence-electron chi connectivity index (χ3n) is 4.19. The Hall–Kier alpha value is -1.48. The van der Waals surface area contributed by atoms with E-state index >= 15 is 0 Å². The van der Waals surface area contributed by atoms with E-state index in [0.717, 1.165) is 24.1 Å². The second-order valence-corrected chi connectivity index (χ2v) is 5.37. The van der Waals surface area contributed by atoms with Crippen molar-refractivity contribution in [2.24, 2.45) is 5.73 Å². The molecule has 2 aromatic rings. The number of methoxy groups -OCH3 is 1. The molecule has 0 bridgehead atoms. The van der Waals surface area contributed by atoms with E-state index in [1.165, 1.54) is 29.5 Å². The lowest BCUT2D eigenvalue weighted by atomic mass is 9.87. The van der Waals surface area contributed by atoms with E-state index in [1.54, 1.807) is 7.11 Å². The first-order valence-electron chi connectivity index (χ1n) is 6.60. The van der Waals surface area contributed by atoms with Crippen molar-refractivity contribution in [1.29, 1.82) is 0 Å². The van der Waals surface area contributed by atoms with Crippen LogP contribution in [0.15, 0.2) is 18.2 Å². The van der Waals surface area contributed by atoms with Gasteiger partial charge in [-0.3, -0.25) is 0 Å². The van der Waals surface area contributed by atoms with Crippen LogP contribution in [0.1, 0.15) is 36.9 Å². The van der Waals surface area contributed by atoms with Crippen LogP contribution < -0.4 is 10.5 Å². The first kappa shape index (κ1) is 11.6. The summed E-state index contributed by atoms with van der Waals surface area (Å²) in [6, 6.07) is 6.11. The molecule has 1 aromatic heterocycles. The fourth-order valence-corrected chi connectivity index (χ4v) is 3.39. The maximum atomic E-state index is 6.64. The van der Waals surface area contributed by atoms with Gasteiger partial charge in [0.2, 0.25) is 0 Å². The lowest BCUT2D eigenvalue weighted by molar-refractivity contribution is 0.416. The molecule has 1 aliphatic carbocycles. The molecular formula is C15H20N2O. The van der Waals surface area contributed by atoms with Gasteiger partial charge >= 0.3 is 0 Å². The first-order valence-corrected chi connectivity index (χ1v) is 6.60. The molecule has 0 saturated heterocycles. The number of aromatic nitrogens is 1. The number of fused-ring (bicyclic) bond motifs is 1. The average molecular weight is 244 g/mol. The van der Waals surface area contributed by atoms with E-state index in [0.29, 0.717) is 0 Å². The van der Waals surface area contributed by atoms with Gasteiger partial charge in [-0.25, -0.2) is 0 Å². The van der Waals surface area contributed by atoms with Crippen LogP contribution in [-0.2, 0) is 5.54 Å². The molecule has 1 heterocycles. The zero-order chi connectivity index (χ0) is 12.8. The molecule has 0 spiro atoms. The highest BCUT2D eigenvalue weighted by Crippen LogP contribution is 2.43. The summed E-state index contributed by atoms with van der Waals surface area (Å²) in [7, 11) is 1.72. The number of benzene rings is 1. The Morgan fingerprint density at radius 3 is 2.67 bits per heavy atom. The fourth-order valence-electron chi connectivity index (χ4n) is 3.39. The van der Waals surface area contributed by atoms with E-state index in [-0.39, 0.29) is 5.54 Å². The number of aromatic amines is 1. The number of aryl methyl sites for hydroxylation is 1. The molecule has 3 heteroatoms. The Morgan fingerprint density at radius 1 is 1.28 bits per heavy atom. The smallest absolute Gasteiger partial charge is 0.128 e. The third-order valence-corrected chi connectivity index (χ3v) is 4.19. The lowest BCUT2D eigenvalue weighted by Crippen LogP contribution is -2.33. The Kier molecular flexibility index (Phi) is 2.59. The van der Waals surface area contributed by atoms with Gasteiger partial charge in [-0.2, -0.15) is 0 Å². The summed E-state index contributed by atoms with van der Waals surface area (Å²) in [5.74, 6) is 0.920. The number of nitrogens with two attached hydrogens (primary N) is 1. The fraction of sp³-hybridized carbons (Fsp3) is 0.467. The Labute approximate surface area is 107 Å². The zero-order valence-corrected chi connectivity index (χ0v) is 11.0. The van der Waals surface area contributed by atoms with Gasteiger partial charge in [0, 0.05) is 27.7 Å². The number of rotatable bonds is 2. The maximum absolute atomic E-state index is 6.64. The molecule has 0 unspecified atom stereocenters. The number of ether oxygens (including phenoxy) is 1. The topological polar surface area (TPSA) is 51.0 Å². The van der Waals surface area contributed by atoms with Crippen LogP contribution in [0.4, 0.5) is 0 Å². The second-order valence-electron chi connectivity index (χ2n) is 5.37. The van der Waals surface area contributed by atoms with Crippen molar-refractivity contribution in [2.75, 3.05) is 7.11 Å². The summed E-state index contributed by atoms with van der Waals surface area (Å²) < 4.78 is 5.51. The van der Waals surface area contributed by atoms with Crippen LogP contribution in [0, 0.1) is 6.92 Å². The quantitative estimate of drug-likeness (QED) is 0.852. The number of nitrogens with one attached hydrogen (secondary N) is 1. The molecule has 1 fully saturated rings. The lowest BCUT2D eigenvalue weighted by Gasteiger charge is -2.25. The van der Waals surface area contributed by atoms with Crippen molar-refractivity contribution >= 4 is 10.9 Å². The van der Waals surface area contributed by atoms with Crippen molar-refractivity contribution < 1.29 is 4.74 Å². The van der Waals surface area contributed by atoms with Crippen LogP contribution in [0.3, 0.4) is 0 Å². The molecule has 1 aliphatic rings. The first-order chi connectivity index (χ1) is 8.65. The van der Waals surface area contributed by atoms with Gasteiger partial charge < -0.3 is 15.5 Å². The van der Waals surface area contributed by atoms with Gasteiger partial charge in [0.1, 0.15) is 5.75 Å². The molecule has 3 rings (SSSR count). The minimum atomic E-state index is -0.184. The molecule has 1 aromatic carbocycles. The summed E-state index contributed by atoms with van der Waals surface area (Å²) >= 11 is 0. The predicted octanol–water partition coefficient (Wildman–Crippen LogP) is 3.21. The van der Waals surface area contributed by atoms with Gasteiger partial charge in [-0.1, -0.05) is 18.9 Å². The standard InChI is InChI=1S/C15H20N2O/c1-10-14(15(16)8-3-4-9-15)13-11(17-10)6-5-7-12(13)18-2/h5-7,17H,3-4,8-9,16H2,1-2H3.